The Balaban J connectivity index is 0.0000106. The van der Waals surface area contributed by atoms with Crippen molar-refractivity contribution in [2.45, 2.75) is 85.8 Å². The van der Waals surface area contributed by atoms with Gasteiger partial charge in [0.2, 0.25) is 5.91 Å². The topological polar surface area (TPSA) is 103 Å². The van der Waals surface area contributed by atoms with Gasteiger partial charge in [-0.1, -0.05) is 47.6 Å². The Labute approximate surface area is 281 Å². The van der Waals surface area contributed by atoms with Gasteiger partial charge in [0.1, 0.15) is 11.6 Å². The molecule has 0 aliphatic rings. The van der Waals surface area contributed by atoms with E-state index >= 15 is 0 Å². The summed E-state index contributed by atoms with van der Waals surface area (Å²) in [6.45, 7) is 13.4. The zero-order valence-electron chi connectivity index (χ0n) is 28.9. The molecule has 0 bridgehead atoms. The molecule has 4 N–H and O–H groups in total. The molecular formula is C36H57ClF2N2O5. The van der Waals surface area contributed by atoms with Crippen LogP contribution in [-0.4, -0.2) is 57.1 Å². The van der Waals surface area contributed by atoms with Gasteiger partial charge in [-0.15, -0.1) is 12.4 Å². The summed E-state index contributed by atoms with van der Waals surface area (Å²) in [6, 6.07) is 8.85. The van der Waals surface area contributed by atoms with E-state index in [2.05, 4.69) is 19.2 Å². The molecule has 262 valence electrons. The highest BCUT2D eigenvalue weighted by molar-refractivity contribution is 5.85. The molecule has 0 aromatic heterocycles. The molecule has 0 aliphatic heterocycles. The van der Waals surface area contributed by atoms with Crippen LogP contribution in [0.25, 0.3) is 0 Å². The normalized spacial score (nSPS) is 14.4. The predicted molar refractivity (Wildman–Crippen MR) is 183 cm³/mol. The molecule has 2 rings (SSSR count). The Morgan fingerprint density at radius 1 is 0.978 bits per heavy atom. The number of hydrogen-bond acceptors (Lipinski definition) is 6. The fourth-order valence-corrected chi connectivity index (χ4v) is 5.58. The molecule has 0 spiro atoms. The van der Waals surface area contributed by atoms with E-state index in [1.165, 1.54) is 6.07 Å². The second kappa shape index (κ2) is 20.0. The minimum absolute atomic E-state index is 0. The molecule has 0 saturated carbocycles. The number of nitrogens with one attached hydrogen (secondary N) is 1. The Morgan fingerprint density at radius 3 is 2.28 bits per heavy atom. The number of aliphatic hydroxyl groups excluding tert-OH is 1. The molecule has 1 amide bonds. The van der Waals surface area contributed by atoms with Gasteiger partial charge in [0.05, 0.1) is 19.8 Å². The average molecular weight is 671 g/mol. The number of nitrogens with two attached hydrogens (primary N) is 1. The zero-order chi connectivity index (χ0) is 33.7. The summed E-state index contributed by atoms with van der Waals surface area (Å²) in [5.74, 6) is 0.243. The lowest BCUT2D eigenvalue weighted by molar-refractivity contribution is -0.128. The van der Waals surface area contributed by atoms with E-state index in [0.29, 0.717) is 37.1 Å². The van der Waals surface area contributed by atoms with Crippen LogP contribution < -0.4 is 20.5 Å². The minimum Gasteiger partial charge on any atom is -0.493 e. The van der Waals surface area contributed by atoms with Gasteiger partial charge in [-0.2, -0.15) is 0 Å². The van der Waals surface area contributed by atoms with Crippen LogP contribution in [0.15, 0.2) is 36.4 Å². The van der Waals surface area contributed by atoms with Gasteiger partial charge in [-0.25, -0.2) is 8.78 Å². The number of carbonyl (C=O) groups is 1. The van der Waals surface area contributed by atoms with Crippen molar-refractivity contribution in [1.29, 1.82) is 0 Å². The summed E-state index contributed by atoms with van der Waals surface area (Å²) in [5, 5.41) is 14.2. The molecule has 0 heterocycles. The Hall–Kier alpha value is -2.46. The number of ether oxygens (including phenoxy) is 3. The highest BCUT2D eigenvalue weighted by Gasteiger charge is 2.31. The molecule has 7 nitrogen and oxygen atoms in total. The van der Waals surface area contributed by atoms with E-state index in [9.17, 15) is 18.7 Å². The van der Waals surface area contributed by atoms with Crippen LogP contribution in [0, 0.1) is 40.7 Å². The molecular weight excluding hydrogens is 614 g/mol. The molecule has 2 aromatic carbocycles. The van der Waals surface area contributed by atoms with Gasteiger partial charge in [0.15, 0.2) is 11.5 Å². The van der Waals surface area contributed by atoms with Crippen molar-refractivity contribution >= 4 is 18.3 Å². The fraction of sp³-hybridized carbons (Fsp3) is 0.639. The van der Waals surface area contributed by atoms with Gasteiger partial charge in [-0.05, 0) is 90.3 Å². The maximum Gasteiger partial charge on any atom is 0.223 e. The first kappa shape index (κ1) is 41.6. The zero-order valence-corrected chi connectivity index (χ0v) is 29.7. The van der Waals surface area contributed by atoms with Crippen molar-refractivity contribution in [1.82, 2.24) is 5.32 Å². The maximum atomic E-state index is 14.2. The number of amides is 1. The predicted octanol–water partition coefficient (Wildman–Crippen LogP) is 6.75. The summed E-state index contributed by atoms with van der Waals surface area (Å²) in [6.07, 6.45) is 1.75. The quantitative estimate of drug-likeness (QED) is 0.135. The molecule has 46 heavy (non-hydrogen) atoms. The number of rotatable bonds is 20. The summed E-state index contributed by atoms with van der Waals surface area (Å²) in [7, 11) is 3.28. The fourth-order valence-electron chi connectivity index (χ4n) is 5.58. The highest BCUT2D eigenvalue weighted by atomic mass is 35.5. The van der Waals surface area contributed by atoms with Crippen molar-refractivity contribution in [3.63, 3.8) is 0 Å². The summed E-state index contributed by atoms with van der Waals surface area (Å²) in [5.41, 5.74) is 7.44. The number of halogens is 3. The van der Waals surface area contributed by atoms with Gasteiger partial charge in [0, 0.05) is 38.6 Å². The standard InChI is InChI=1S/C36H56F2N2O5.ClH/c1-23(2)26(16-25-10-13-33(44-8)34(17-25)45-15-9-14-43-7)19-31(39)32(41)20-29(24(3)4)35(42)40-22-36(5,6)21-27-18-28(37)11-12-30(27)38;/h10-13,17-18,23-24,26,29,31-32,41H,9,14-16,19-22,39H2,1-8H3,(H,40,42);1H/t26-,29-,31-,32-;/m0./s1. The third kappa shape index (κ3) is 13.7. The Kier molecular flexibility index (Phi) is 18.1. The van der Waals surface area contributed by atoms with Crippen molar-refractivity contribution in [2.24, 2.45) is 34.8 Å². The Bertz CT molecular complexity index is 1200. The molecule has 0 radical (unpaired) electrons. The molecule has 0 unspecified atom stereocenters. The third-order valence-corrected chi connectivity index (χ3v) is 8.54. The summed E-state index contributed by atoms with van der Waals surface area (Å²) < 4.78 is 44.5. The van der Waals surface area contributed by atoms with E-state index in [-0.39, 0.29) is 55.1 Å². The van der Waals surface area contributed by atoms with Gasteiger partial charge in [0.25, 0.3) is 0 Å². The average Bonchev–Trinajstić information content (AvgIpc) is 2.98. The molecule has 2 aromatic rings. The lowest BCUT2D eigenvalue weighted by atomic mass is 9.80. The van der Waals surface area contributed by atoms with Crippen molar-refractivity contribution in [3.05, 3.63) is 59.2 Å². The molecule has 10 heteroatoms. The van der Waals surface area contributed by atoms with E-state index in [4.69, 9.17) is 19.9 Å². The number of benzene rings is 2. The molecule has 0 aliphatic carbocycles. The Morgan fingerprint density at radius 2 is 1.67 bits per heavy atom. The van der Waals surface area contributed by atoms with Crippen LogP contribution in [0.1, 0.15) is 71.9 Å². The third-order valence-electron chi connectivity index (χ3n) is 8.54. The number of methoxy groups -OCH3 is 2. The first-order valence-electron chi connectivity index (χ1n) is 16.1. The van der Waals surface area contributed by atoms with Crippen LogP contribution in [-0.2, 0) is 22.4 Å². The van der Waals surface area contributed by atoms with Crippen molar-refractivity contribution in [3.8, 4) is 11.5 Å². The van der Waals surface area contributed by atoms with E-state index in [0.717, 1.165) is 30.5 Å². The van der Waals surface area contributed by atoms with Crippen LogP contribution >= 0.6 is 12.4 Å². The van der Waals surface area contributed by atoms with Gasteiger partial charge >= 0.3 is 0 Å². The van der Waals surface area contributed by atoms with E-state index in [1.54, 1.807) is 14.2 Å². The van der Waals surface area contributed by atoms with Gasteiger partial charge in [-0.3, -0.25) is 4.79 Å². The van der Waals surface area contributed by atoms with Crippen LogP contribution in [0.5, 0.6) is 11.5 Å². The molecule has 0 saturated heterocycles. The lowest BCUT2D eigenvalue weighted by Crippen LogP contribution is -2.44. The van der Waals surface area contributed by atoms with Crippen LogP contribution in [0.2, 0.25) is 0 Å². The van der Waals surface area contributed by atoms with E-state index in [1.807, 2.05) is 45.9 Å². The number of aliphatic hydroxyl groups is 1. The molecule has 4 atom stereocenters. The van der Waals surface area contributed by atoms with Crippen molar-refractivity contribution in [2.75, 3.05) is 34.0 Å². The van der Waals surface area contributed by atoms with Crippen molar-refractivity contribution < 1.29 is 32.9 Å². The van der Waals surface area contributed by atoms with E-state index < -0.39 is 35.1 Å². The summed E-state index contributed by atoms with van der Waals surface area (Å²) in [4.78, 5) is 13.3. The smallest absolute Gasteiger partial charge is 0.223 e. The van der Waals surface area contributed by atoms with Crippen LogP contribution in [0.4, 0.5) is 8.78 Å². The monoisotopic (exact) mass is 670 g/mol. The second-order valence-electron chi connectivity index (χ2n) is 13.7. The number of carbonyl (C=O) groups excluding carboxylic acids is 1. The minimum atomic E-state index is -0.866. The number of hydrogen-bond donors (Lipinski definition) is 3. The maximum absolute atomic E-state index is 14.2. The highest BCUT2D eigenvalue weighted by Crippen LogP contribution is 2.32. The SMILES string of the molecule is COCCCOc1cc(C[C@@H](C[C@H](N)[C@@H](O)C[C@H](C(=O)NCC(C)(C)Cc2cc(F)ccc2F)C(C)C)C(C)C)ccc1OC.Cl. The summed E-state index contributed by atoms with van der Waals surface area (Å²) >= 11 is 0. The first-order valence-corrected chi connectivity index (χ1v) is 16.1. The largest absolute Gasteiger partial charge is 0.493 e. The first-order chi connectivity index (χ1) is 21.2. The second-order valence-corrected chi connectivity index (χ2v) is 13.7. The van der Waals surface area contributed by atoms with Crippen LogP contribution in [0.3, 0.4) is 0 Å². The molecule has 0 fully saturated rings. The van der Waals surface area contributed by atoms with Gasteiger partial charge < -0.3 is 30.4 Å². The lowest BCUT2D eigenvalue weighted by Gasteiger charge is -2.31.